The van der Waals surface area contributed by atoms with Crippen molar-refractivity contribution in [2.45, 2.75) is 83.0 Å². The summed E-state index contributed by atoms with van der Waals surface area (Å²) in [6.45, 7) is 2.12. The quantitative estimate of drug-likeness (QED) is 0.319. The Morgan fingerprint density at radius 2 is 1.92 bits per heavy atom. The molecular weight excluding hydrogens is 320 g/mol. The first kappa shape index (κ1) is 21.9. The fourth-order valence-electron chi connectivity index (χ4n) is 3.41. The van der Waals surface area contributed by atoms with Crippen molar-refractivity contribution in [1.82, 2.24) is 0 Å². The van der Waals surface area contributed by atoms with Gasteiger partial charge in [-0.25, -0.2) is 0 Å². The molecule has 0 spiro atoms. The number of aliphatic carboxylic acids is 1. The van der Waals surface area contributed by atoms with Gasteiger partial charge in [0.05, 0.1) is 18.3 Å². The number of aliphatic hydroxyl groups is 3. The van der Waals surface area contributed by atoms with E-state index in [2.05, 4.69) is 6.92 Å². The van der Waals surface area contributed by atoms with Crippen LogP contribution in [0.2, 0.25) is 0 Å². The second-order valence-electron chi connectivity index (χ2n) is 7.05. The van der Waals surface area contributed by atoms with Gasteiger partial charge in [0.2, 0.25) is 0 Å². The van der Waals surface area contributed by atoms with Gasteiger partial charge in [-0.15, -0.1) is 0 Å². The van der Waals surface area contributed by atoms with Crippen molar-refractivity contribution < 1.29 is 25.2 Å². The summed E-state index contributed by atoms with van der Waals surface area (Å²) in [6.07, 6.45) is 12.3. The molecule has 4 N–H and O–H groups in total. The Bertz CT molecular complexity index is 432. The lowest BCUT2D eigenvalue weighted by molar-refractivity contribution is -0.137. The van der Waals surface area contributed by atoms with Gasteiger partial charge in [-0.3, -0.25) is 4.79 Å². The Kier molecular flexibility index (Phi) is 10.7. The molecule has 0 aromatic carbocycles. The summed E-state index contributed by atoms with van der Waals surface area (Å²) in [5, 5.41) is 39.0. The second kappa shape index (κ2) is 12.2. The summed E-state index contributed by atoms with van der Waals surface area (Å²) in [7, 11) is 0. The smallest absolute Gasteiger partial charge is 0.303 e. The van der Waals surface area contributed by atoms with Crippen LogP contribution in [0.25, 0.3) is 0 Å². The predicted octanol–water partition coefficient (Wildman–Crippen LogP) is 3.04. The van der Waals surface area contributed by atoms with E-state index < -0.39 is 24.3 Å². The molecule has 0 radical (unpaired) electrons. The second-order valence-corrected chi connectivity index (χ2v) is 7.05. The Morgan fingerprint density at radius 1 is 1.16 bits per heavy atom. The van der Waals surface area contributed by atoms with Gasteiger partial charge in [-0.1, -0.05) is 50.5 Å². The van der Waals surface area contributed by atoms with Gasteiger partial charge in [0.15, 0.2) is 0 Å². The molecule has 0 heterocycles. The van der Waals surface area contributed by atoms with Crippen LogP contribution in [-0.4, -0.2) is 44.7 Å². The molecular formula is C20H34O5. The van der Waals surface area contributed by atoms with Crippen LogP contribution in [0.5, 0.6) is 0 Å². The molecule has 144 valence electrons. The topological polar surface area (TPSA) is 98.0 Å². The van der Waals surface area contributed by atoms with E-state index in [1.807, 2.05) is 18.2 Å². The SMILES string of the molecule is CCCCC[C@@H](O)/C=C/[C@@H]1[C@@H](C/C=C\CCCC(=O)O)[C@@H](O)C[C@@H]1O. The standard InChI is InChI=1S/C20H34O5/c1-2-3-6-9-15(21)12-13-17-16(18(22)14-19(17)23)10-7-4-5-8-11-20(24)25/h4,7,12-13,15-19,21-23H,2-3,5-6,8-11,14H2,1H3,(H,24,25)/b7-4-,13-12+/t15-,16-,17-,18+,19+/m1/s1. The van der Waals surface area contributed by atoms with Crippen LogP contribution in [0.1, 0.15) is 64.7 Å². The zero-order chi connectivity index (χ0) is 18.7. The number of aliphatic hydroxyl groups excluding tert-OH is 3. The van der Waals surface area contributed by atoms with Gasteiger partial charge in [-0.2, -0.15) is 0 Å². The number of carboxylic acids is 1. The molecule has 0 unspecified atom stereocenters. The highest BCUT2D eigenvalue weighted by Gasteiger charge is 2.39. The summed E-state index contributed by atoms with van der Waals surface area (Å²) in [5.74, 6) is -1.00. The maximum Gasteiger partial charge on any atom is 0.303 e. The van der Waals surface area contributed by atoms with Crippen LogP contribution in [0.15, 0.2) is 24.3 Å². The van der Waals surface area contributed by atoms with E-state index in [0.717, 1.165) is 25.7 Å². The van der Waals surface area contributed by atoms with Crippen LogP contribution in [0.3, 0.4) is 0 Å². The third-order valence-corrected chi connectivity index (χ3v) is 4.91. The molecule has 0 saturated heterocycles. The number of hydrogen-bond acceptors (Lipinski definition) is 4. The molecule has 25 heavy (non-hydrogen) atoms. The Balaban J connectivity index is 2.46. The average molecular weight is 354 g/mol. The van der Waals surface area contributed by atoms with Crippen molar-refractivity contribution in [3.05, 3.63) is 24.3 Å². The zero-order valence-electron chi connectivity index (χ0n) is 15.3. The van der Waals surface area contributed by atoms with Crippen molar-refractivity contribution in [2.24, 2.45) is 11.8 Å². The summed E-state index contributed by atoms with van der Waals surface area (Å²) in [5.41, 5.74) is 0. The Morgan fingerprint density at radius 3 is 2.60 bits per heavy atom. The van der Waals surface area contributed by atoms with Crippen LogP contribution in [0.4, 0.5) is 0 Å². The highest BCUT2D eigenvalue weighted by Crippen LogP contribution is 2.36. The highest BCUT2D eigenvalue weighted by molar-refractivity contribution is 5.66. The lowest BCUT2D eigenvalue weighted by Gasteiger charge is -2.19. The maximum atomic E-state index is 10.5. The molecule has 0 aliphatic heterocycles. The van der Waals surface area contributed by atoms with E-state index in [-0.39, 0.29) is 18.3 Å². The maximum absolute atomic E-state index is 10.5. The van der Waals surface area contributed by atoms with Crippen LogP contribution < -0.4 is 0 Å². The van der Waals surface area contributed by atoms with Crippen molar-refractivity contribution in [2.75, 3.05) is 0 Å². The minimum absolute atomic E-state index is 0.0650. The molecule has 5 nitrogen and oxygen atoms in total. The molecule has 0 aromatic heterocycles. The lowest BCUT2D eigenvalue weighted by atomic mass is 9.89. The first-order valence-electron chi connectivity index (χ1n) is 9.55. The van der Waals surface area contributed by atoms with Gasteiger partial charge in [0.25, 0.3) is 0 Å². The van der Waals surface area contributed by atoms with Gasteiger partial charge in [-0.05, 0) is 31.6 Å². The summed E-state index contributed by atoms with van der Waals surface area (Å²) < 4.78 is 0. The van der Waals surface area contributed by atoms with E-state index in [0.29, 0.717) is 25.7 Å². The molecule has 0 bridgehead atoms. The summed E-state index contributed by atoms with van der Waals surface area (Å²) >= 11 is 0. The van der Waals surface area contributed by atoms with Gasteiger partial charge >= 0.3 is 5.97 Å². The third-order valence-electron chi connectivity index (χ3n) is 4.91. The molecule has 5 heteroatoms. The number of unbranched alkanes of at least 4 members (excludes halogenated alkanes) is 3. The molecule has 1 saturated carbocycles. The van der Waals surface area contributed by atoms with Crippen molar-refractivity contribution in [3.63, 3.8) is 0 Å². The van der Waals surface area contributed by atoms with Crippen molar-refractivity contribution in [3.8, 4) is 0 Å². The average Bonchev–Trinajstić information content (AvgIpc) is 2.82. The number of rotatable bonds is 12. The van der Waals surface area contributed by atoms with Crippen LogP contribution >= 0.6 is 0 Å². The molecule has 0 aromatic rings. The largest absolute Gasteiger partial charge is 0.481 e. The number of hydrogen-bond donors (Lipinski definition) is 4. The first-order chi connectivity index (χ1) is 12.0. The molecule has 1 fully saturated rings. The molecule has 5 atom stereocenters. The number of carboxylic acid groups (broad SMARTS) is 1. The van der Waals surface area contributed by atoms with E-state index >= 15 is 0 Å². The highest BCUT2D eigenvalue weighted by atomic mass is 16.4. The molecule has 0 amide bonds. The Labute approximate surface area is 151 Å². The van der Waals surface area contributed by atoms with Crippen molar-refractivity contribution in [1.29, 1.82) is 0 Å². The van der Waals surface area contributed by atoms with Crippen LogP contribution in [0, 0.1) is 11.8 Å². The lowest BCUT2D eigenvalue weighted by Crippen LogP contribution is -2.20. The normalized spacial score (nSPS) is 28.2. The van der Waals surface area contributed by atoms with Gasteiger partial charge < -0.3 is 20.4 Å². The van der Waals surface area contributed by atoms with E-state index in [1.165, 1.54) is 0 Å². The minimum Gasteiger partial charge on any atom is -0.481 e. The fourth-order valence-corrected chi connectivity index (χ4v) is 3.41. The number of carbonyl (C=O) groups is 1. The first-order valence-corrected chi connectivity index (χ1v) is 9.55. The molecule has 1 aliphatic rings. The fraction of sp³-hybridized carbons (Fsp3) is 0.750. The van der Waals surface area contributed by atoms with E-state index in [4.69, 9.17) is 5.11 Å². The third kappa shape index (κ3) is 8.66. The minimum atomic E-state index is -0.787. The monoisotopic (exact) mass is 354 g/mol. The Hall–Kier alpha value is -1.17. The summed E-state index contributed by atoms with van der Waals surface area (Å²) in [6, 6.07) is 0. The number of allylic oxidation sites excluding steroid dienone is 2. The predicted molar refractivity (Wildman–Crippen MR) is 98.1 cm³/mol. The van der Waals surface area contributed by atoms with Gasteiger partial charge in [0, 0.05) is 18.8 Å². The van der Waals surface area contributed by atoms with Crippen LogP contribution in [-0.2, 0) is 4.79 Å². The van der Waals surface area contributed by atoms with Crippen molar-refractivity contribution >= 4 is 5.97 Å². The molecule has 1 rings (SSSR count). The van der Waals surface area contributed by atoms with E-state index in [9.17, 15) is 20.1 Å². The van der Waals surface area contributed by atoms with Gasteiger partial charge in [0.1, 0.15) is 0 Å². The molecule has 1 aliphatic carbocycles. The zero-order valence-corrected chi connectivity index (χ0v) is 15.3. The summed E-state index contributed by atoms with van der Waals surface area (Å²) in [4.78, 5) is 10.5. The van der Waals surface area contributed by atoms with E-state index in [1.54, 1.807) is 6.08 Å².